The van der Waals surface area contributed by atoms with Crippen LogP contribution < -0.4 is 0 Å². The van der Waals surface area contributed by atoms with Crippen molar-refractivity contribution in [1.29, 1.82) is 0 Å². The highest BCUT2D eigenvalue weighted by molar-refractivity contribution is 9.10. The Morgan fingerprint density at radius 3 is 2.76 bits per heavy atom. The molecule has 9 heteroatoms. The van der Waals surface area contributed by atoms with Gasteiger partial charge in [0.15, 0.2) is 0 Å². The first kappa shape index (κ1) is 17.8. The Kier molecular flexibility index (Phi) is 5.62. The molecule has 2 aromatic rings. The molecule has 0 radical (unpaired) electrons. The zero-order valence-corrected chi connectivity index (χ0v) is 15.8. The maximum Gasteiger partial charge on any atom is 0.288 e. The van der Waals surface area contributed by atoms with Gasteiger partial charge in [-0.2, -0.15) is 5.10 Å². The van der Waals surface area contributed by atoms with Crippen molar-refractivity contribution in [2.45, 2.75) is 0 Å². The van der Waals surface area contributed by atoms with Crippen LogP contribution in [0.5, 0.6) is 0 Å². The first-order valence-electron chi connectivity index (χ1n) is 7.04. The number of benzene rings is 2. The fraction of sp³-hybridized carbons (Fsp3) is 0.0625. The molecule has 2 aromatic carbocycles. The smallest absolute Gasteiger partial charge is 0.258 e. The minimum atomic E-state index is -0.535. The molecule has 0 fully saturated rings. The van der Waals surface area contributed by atoms with Crippen LogP contribution in [0.4, 0.5) is 5.69 Å². The van der Waals surface area contributed by atoms with Crippen molar-refractivity contribution in [2.75, 3.05) is 5.75 Å². The number of hydrogen-bond donors (Lipinski definition) is 0. The Labute approximate surface area is 161 Å². The van der Waals surface area contributed by atoms with E-state index in [4.69, 9.17) is 11.6 Å². The molecule has 0 saturated heterocycles. The van der Waals surface area contributed by atoms with Crippen LogP contribution >= 0.6 is 39.3 Å². The average molecular weight is 438 g/mol. The molecule has 0 atom stereocenters. The van der Waals surface area contributed by atoms with E-state index in [-0.39, 0.29) is 10.7 Å². The highest BCUT2D eigenvalue weighted by Gasteiger charge is 2.15. The van der Waals surface area contributed by atoms with E-state index >= 15 is 0 Å². The summed E-state index contributed by atoms with van der Waals surface area (Å²) in [6.45, 7) is 0. The zero-order valence-electron chi connectivity index (χ0n) is 12.6. The Bertz CT molecular complexity index is 913. The van der Waals surface area contributed by atoms with Gasteiger partial charge >= 0.3 is 0 Å². The third-order valence-corrected chi connectivity index (χ3v) is 4.96. The standard InChI is InChI=1S/C16H10BrClN4O2S/c17-12-4-2-11(3-5-12)14-9-25-16(20-14)21-19-8-10-1-6-13(18)15(7-10)22(23)24/h1-8H,9H2/b19-8-,21-16-. The lowest BCUT2D eigenvalue weighted by Gasteiger charge is -1.98. The summed E-state index contributed by atoms with van der Waals surface area (Å²) in [5.74, 6) is 0.725. The second-order valence-electron chi connectivity index (χ2n) is 4.95. The van der Waals surface area contributed by atoms with Gasteiger partial charge in [0.2, 0.25) is 5.17 Å². The van der Waals surface area contributed by atoms with Gasteiger partial charge in [0, 0.05) is 21.9 Å². The molecular weight excluding hydrogens is 428 g/mol. The van der Waals surface area contributed by atoms with Gasteiger partial charge in [0.1, 0.15) is 5.02 Å². The van der Waals surface area contributed by atoms with Crippen LogP contribution in [0.2, 0.25) is 5.02 Å². The summed E-state index contributed by atoms with van der Waals surface area (Å²) in [4.78, 5) is 14.8. The Hall–Kier alpha value is -2.03. The van der Waals surface area contributed by atoms with Gasteiger partial charge in [0.05, 0.1) is 16.8 Å². The van der Waals surface area contributed by atoms with E-state index in [0.29, 0.717) is 10.7 Å². The van der Waals surface area contributed by atoms with E-state index in [9.17, 15) is 10.1 Å². The summed E-state index contributed by atoms with van der Waals surface area (Å²) in [7, 11) is 0. The van der Waals surface area contributed by atoms with Crippen molar-refractivity contribution in [3.63, 3.8) is 0 Å². The molecule has 0 bridgehead atoms. The highest BCUT2D eigenvalue weighted by Crippen LogP contribution is 2.24. The van der Waals surface area contributed by atoms with Gasteiger partial charge in [-0.15, -0.1) is 5.10 Å². The zero-order chi connectivity index (χ0) is 17.8. The summed E-state index contributed by atoms with van der Waals surface area (Å²) < 4.78 is 1.01. The molecule has 3 rings (SSSR count). The SMILES string of the molecule is O=[N+]([O-])c1cc(/C=N\N=C2\N=C(c3ccc(Br)cc3)CS2)ccc1Cl. The first-order valence-corrected chi connectivity index (χ1v) is 9.20. The van der Waals surface area contributed by atoms with E-state index in [1.807, 2.05) is 24.3 Å². The maximum absolute atomic E-state index is 10.9. The fourth-order valence-corrected chi connectivity index (χ4v) is 3.28. The maximum atomic E-state index is 10.9. The fourth-order valence-electron chi connectivity index (χ4n) is 2.05. The van der Waals surface area contributed by atoms with Crippen LogP contribution in [0.15, 0.2) is 62.1 Å². The van der Waals surface area contributed by atoms with Crippen LogP contribution in [0.3, 0.4) is 0 Å². The van der Waals surface area contributed by atoms with E-state index in [0.717, 1.165) is 21.5 Å². The van der Waals surface area contributed by atoms with Gasteiger partial charge in [-0.25, -0.2) is 4.99 Å². The molecule has 0 spiro atoms. The average Bonchev–Trinajstić information content (AvgIpc) is 3.05. The molecule has 0 amide bonds. The molecule has 0 N–H and O–H groups in total. The van der Waals surface area contributed by atoms with Gasteiger partial charge < -0.3 is 0 Å². The molecule has 6 nitrogen and oxygen atoms in total. The van der Waals surface area contributed by atoms with Crippen LogP contribution in [-0.4, -0.2) is 27.8 Å². The van der Waals surface area contributed by atoms with Gasteiger partial charge in [0.25, 0.3) is 5.69 Å². The summed E-state index contributed by atoms with van der Waals surface area (Å²) in [6, 6.07) is 12.3. The van der Waals surface area contributed by atoms with Gasteiger partial charge in [-0.1, -0.05) is 57.5 Å². The quantitative estimate of drug-likeness (QED) is 0.386. The van der Waals surface area contributed by atoms with Crippen LogP contribution in [0.1, 0.15) is 11.1 Å². The summed E-state index contributed by atoms with van der Waals surface area (Å²) >= 11 is 10.7. The highest BCUT2D eigenvalue weighted by atomic mass is 79.9. The predicted octanol–water partition coefficient (Wildman–Crippen LogP) is 4.94. The Balaban J connectivity index is 1.74. The molecule has 0 unspecified atom stereocenters. The molecule has 1 aliphatic rings. The van der Waals surface area contributed by atoms with Crippen molar-refractivity contribution in [2.24, 2.45) is 15.2 Å². The summed E-state index contributed by atoms with van der Waals surface area (Å²) in [5, 5.41) is 19.5. The van der Waals surface area contributed by atoms with Gasteiger partial charge in [-0.05, 0) is 23.8 Å². The first-order chi connectivity index (χ1) is 12.0. The minimum Gasteiger partial charge on any atom is -0.258 e. The number of nitro groups is 1. The topological polar surface area (TPSA) is 80.2 Å². The number of hydrogen-bond acceptors (Lipinski definition) is 5. The molecule has 0 aliphatic carbocycles. The van der Waals surface area contributed by atoms with E-state index in [2.05, 4.69) is 31.1 Å². The lowest BCUT2D eigenvalue weighted by Crippen LogP contribution is -1.98. The second-order valence-corrected chi connectivity index (χ2v) is 7.21. The molecule has 1 heterocycles. The molecular formula is C16H10BrClN4O2S. The van der Waals surface area contributed by atoms with Crippen molar-refractivity contribution in [1.82, 2.24) is 0 Å². The summed E-state index contributed by atoms with van der Waals surface area (Å²) in [5.41, 5.74) is 2.36. The van der Waals surface area contributed by atoms with Crippen molar-refractivity contribution < 1.29 is 4.92 Å². The molecule has 126 valence electrons. The lowest BCUT2D eigenvalue weighted by atomic mass is 10.1. The monoisotopic (exact) mass is 436 g/mol. The second kappa shape index (κ2) is 7.90. The van der Waals surface area contributed by atoms with Crippen molar-refractivity contribution in [3.05, 3.63) is 73.2 Å². The molecule has 0 saturated carbocycles. The molecule has 1 aliphatic heterocycles. The Morgan fingerprint density at radius 2 is 2.04 bits per heavy atom. The number of nitro benzene ring substituents is 1. The van der Waals surface area contributed by atoms with E-state index in [1.54, 1.807) is 6.07 Å². The number of aliphatic imine (C=N–C) groups is 1. The third kappa shape index (κ3) is 4.53. The van der Waals surface area contributed by atoms with Crippen LogP contribution in [0.25, 0.3) is 0 Å². The lowest BCUT2D eigenvalue weighted by molar-refractivity contribution is -0.384. The van der Waals surface area contributed by atoms with Crippen molar-refractivity contribution >= 4 is 62.1 Å². The molecule has 25 heavy (non-hydrogen) atoms. The predicted molar refractivity (Wildman–Crippen MR) is 106 cm³/mol. The third-order valence-electron chi connectivity index (χ3n) is 3.26. The number of rotatable bonds is 4. The van der Waals surface area contributed by atoms with Crippen LogP contribution in [-0.2, 0) is 0 Å². The molecule has 0 aromatic heterocycles. The number of nitrogens with zero attached hydrogens (tertiary/aromatic N) is 4. The Morgan fingerprint density at radius 1 is 1.28 bits per heavy atom. The largest absolute Gasteiger partial charge is 0.288 e. The minimum absolute atomic E-state index is 0.0866. The van der Waals surface area contributed by atoms with E-state index in [1.165, 1.54) is 30.1 Å². The number of halogens is 2. The van der Waals surface area contributed by atoms with Gasteiger partial charge in [-0.3, -0.25) is 10.1 Å². The van der Waals surface area contributed by atoms with E-state index < -0.39 is 4.92 Å². The number of amidine groups is 1. The van der Waals surface area contributed by atoms with Crippen molar-refractivity contribution in [3.8, 4) is 0 Å². The number of thioether (sulfide) groups is 1. The summed E-state index contributed by atoms with van der Waals surface area (Å²) in [6.07, 6.45) is 1.43. The van der Waals surface area contributed by atoms with Crippen LogP contribution in [0, 0.1) is 10.1 Å². The normalized spacial score (nSPS) is 15.8.